The lowest BCUT2D eigenvalue weighted by atomic mass is 9.92. The van der Waals surface area contributed by atoms with Gasteiger partial charge in [-0.25, -0.2) is 0 Å². The SMILES string of the molecule is CCC(CC)C(=NOC(C)(O)CC)c1ccc(Sc2ccc(C(=O)c3cc4ccccc4o3)cc2)cc1. The van der Waals surface area contributed by atoms with Crippen LogP contribution in [0.15, 0.2) is 98.2 Å². The van der Waals surface area contributed by atoms with Crippen molar-refractivity contribution in [3.63, 3.8) is 0 Å². The van der Waals surface area contributed by atoms with Crippen LogP contribution in [0.3, 0.4) is 0 Å². The first-order valence-corrected chi connectivity index (χ1v) is 13.5. The number of benzene rings is 3. The number of aliphatic hydroxyl groups is 1. The fourth-order valence-corrected chi connectivity index (χ4v) is 4.81. The van der Waals surface area contributed by atoms with Crippen molar-refractivity contribution in [2.75, 3.05) is 0 Å². The van der Waals surface area contributed by atoms with Crippen LogP contribution in [0.1, 0.15) is 68.6 Å². The highest BCUT2D eigenvalue weighted by atomic mass is 32.2. The number of hydrogen-bond acceptors (Lipinski definition) is 6. The third-order valence-electron chi connectivity index (χ3n) is 6.52. The molecule has 0 spiro atoms. The molecular formula is C31H33NO4S. The molecule has 0 aliphatic rings. The minimum Gasteiger partial charge on any atom is -0.453 e. The van der Waals surface area contributed by atoms with Crippen LogP contribution in [0.5, 0.6) is 0 Å². The second-order valence-corrected chi connectivity index (χ2v) is 10.4. The molecule has 3 aromatic carbocycles. The number of fused-ring (bicyclic) bond motifs is 1. The van der Waals surface area contributed by atoms with E-state index in [1.165, 1.54) is 0 Å². The van der Waals surface area contributed by atoms with Crippen molar-refractivity contribution in [3.05, 3.63) is 95.7 Å². The Bertz CT molecular complexity index is 1330. The molecule has 0 saturated heterocycles. The van der Waals surface area contributed by atoms with Gasteiger partial charge in [-0.05, 0) is 66.9 Å². The largest absolute Gasteiger partial charge is 0.453 e. The summed E-state index contributed by atoms with van der Waals surface area (Å²) in [6.45, 7) is 7.75. The Kier molecular flexibility index (Phi) is 8.52. The molecule has 0 saturated carbocycles. The van der Waals surface area contributed by atoms with Crippen LogP contribution >= 0.6 is 11.8 Å². The predicted molar refractivity (Wildman–Crippen MR) is 149 cm³/mol. The van der Waals surface area contributed by atoms with Crippen LogP contribution in [0.4, 0.5) is 0 Å². The monoisotopic (exact) mass is 515 g/mol. The first-order valence-electron chi connectivity index (χ1n) is 12.7. The first kappa shape index (κ1) is 26.7. The summed E-state index contributed by atoms with van der Waals surface area (Å²) in [6.07, 6.45) is 2.32. The number of carbonyl (C=O) groups excluding carboxylic acids is 1. The Balaban J connectivity index is 1.47. The van der Waals surface area contributed by atoms with E-state index in [1.54, 1.807) is 24.8 Å². The molecule has 0 radical (unpaired) electrons. The number of ketones is 1. The van der Waals surface area contributed by atoms with Gasteiger partial charge >= 0.3 is 0 Å². The van der Waals surface area contributed by atoms with E-state index in [0.717, 1.165) is 39.3 Å². The smallest absolute Gasteiger partial charge is 0.231 e. The molecule has 0 amide bonds. The van der Waals surface area contributed by atoms with Crippen LogP contribution in [-0.2, 0) is 4.84 Å². The van der Waals surface area contributed by atoms with Crippen molar-refractivity contribution in [3.8, 4) is 0 Å². The van der Waals surface area contributed by atoms with E-state index in [2.05, 4.69) is 31.1 Å². The fourth-order valence-electron chi connectivity index (χ4n) is 3.99. The van der Waals surface area contributed by atoms with E-state index in [0.29, 0.717) is 23.3 Å². The number of nitrogens with zero attached hydrogens (tertiary/aromatic N) is 1. The van der Waals surface area contributed by atoms with E-state index in [9.17, 15) is 9.90 Å². The summed E-state index contributed by atoms with van der Waals surface area (Å²) >= 11 is 1.62. The molecule has 1 unspecified atom stereocenters. The van der Waals surface area contributed by atoms with E-state index in [4.69, 9.17) is 9.25 Å². The van der Waals surface area contributed by atoms with Gasteiger partial charge < -0.3 is 14.4 Å². The van der Waals surface area contributed by atoms with Crippen LogP contribution in [0.2, 0.25) is 0 Å². The standard InChI is InChI=1S/C31H33NO4S/c1-5-21(6-2)29(32-36-31(4,34)7-3)22-12-16-25(17-13-22)37-26-18-14-23(15-19-26)30(33)28-20-24-10-8-9-11-27(24)35-28/h8-21,34H,5-7H2,1-4H3. The van der Waals surface area contributed by atoms with Gasteiger partial charge in [0.25, 0.3) is 0 Å². The Morgan fingerprint density at radius 2 is 1.54 bits per heavy atom. The van der Waals surface area contributed by atoms with Crippen molar-refractivity contribution in [1.82, 2.24) is 0 Å². The van der Waals surface area contributed by atoms with Gasteiger partial charge in [0, 0.05) is 40.0 Å². The number of para-hydroxylation sites is 1. The molecular weight excluding hydrogens is 482 g/mol. The zero-order valence-electron chi connectivity index (χ0n) is 21.7. The zero-order chi connectivity index (χ0) is 26.4. The lowest BCUT2D eigenvalue weighted by Crippen LogP contribution is -2.26. The van der Waals surface area contributed by atoms with Crippen molar-refractivity contribution in [2.24, 2.45) is 11.1 Å². The molecule has 0 aliphatic carbocycles. The minimum atomic E-state index is -1.29. The Morgan fingerprint density at radius 3 is 2.11 bits per heavy atom. The normalized spacial score (nSPS) is 13.6. The van der Waals surface area contributed by atoms with Gasteiger partial charge in [0.1, 0.15) is 5.58 Å². The van der Waals surface area contributed by atoms with Crippen molar-refractivity contribution < 1.29 is 19.2 Å². The van der Waals surface area contributed by atoms with Crippen molar-refractivity contribution >= 4 is 34.2 Å². The second-order valence-electron chi connectivity index (χ2n) is 9.24. The van der Waals surface area contributed by atoms with E-state index < -0.39 is 5.79 Å². The summed E-state index contributed by atoms with van der Waals surface area (Å²) in [5.74, 6) is -0.834. The molecule has 0 bridgehead atoms. The van der Waals surface area contributed by atoms with Gasteiger partial charge in [-0.15, -0.1) is 0 Å². The molecule has 6 heteroatoms. The molecule has 1 atom stereocenters. The first-order chi connectivity index (χ1) is 17.8. The summed E-state index contributed by atoms with van der Waals surface area (Å²) in [5, 5.41) is 15.5. The third-order valence-corrected chi connectivity index (χ3v) is 7.54. The molecule has 37 heavy (non-hydrogen) atoms. The summed E-state index contributed by atoms with van der Waals surface area (Å²) in [4.78, 5) is 20.5. The lowest BCUT2D eigenvalue weighted by Gasteiger charge is -2.22. The van der Waals surface area contributed by atoms with Crippen LogP contribution in [-0.4, -0.2) is 22.4 Å². The maximum absolute atomic E-state index is 12.9. The Labute approximate surface area is 222 Å². The Hall–Kier alpha value is -3.35. The molecule has 4 aromatic rings. The predicted octanol–water partition coefficient (Wildman–Crippen LogP) is 8.09. The number of rotatable bonds is 11. The summed E-state index contributed by atoms with van der Waals surface area (Å²) in [5.41, 5.74) is 3.13. The van der Waals surface area contributed by atoms with Crippen molar-refractivity contribution in [1.29, 1.82) is 0 Å². The molecule has 5 nitrogen and oxygen atoms in total. The lowest BCUT2D eigenvalue weighted by molar-refractivity contribution is -0.191. The topological polar surface area (TPSA) is 72.0 Å². The minimum absolute atomic E-state index is 0.130. The third kappa shape index (κ3) is 6.51. The van der Waals surface area contributed by atoms with Gasteiger partial charge in [-0.1, -0.05) is 68.0 Å². The summed E-state index contributed by atoms with van der Waals surface area (Å²) < 4.78 is 5.73. The van der Waals surface area contributed by atoms with Crippen molar-refractivity contribution in [2.45, 2.75) is 62.5 Å². The van der Waals surface area contributed by atoms with Crippen LogP contribution in [0.25, 0.3) is 11.0 Å². The molecule has 1 aromatic heterocycles. The summed E-state index contributed by atoms with van der Waals surface area (Å²) in [7, 11) is 0. The highest BCUT2D eigenvalue weighted by Gasteiger charge is 2.22. The summed E-state index contributed by atoms with van der Waals surface area (Å²) in [6, 6.07) is 25.2. The van der Waals surface area contributed by atoms with Gasteiger partial charge in [0.2, 0.25) is 11.6 Å². The Morgan fingerprint density at radius 1 is 0.946 bits per heavy atom. The van der Waals surface area contributed by atoms with Gasteiger partial charge in [-0.2, -0.15) is 0 Å². The fraction of sp³-hybridized carbons (Fsp3) is 0.290. The molecule has 1 heterocycles. The highest BCUT2D eigenvalue weighted by molar-refractivity contribution is 7.99. The van der Waals surface area contributed by atoms with E-state index >= 15 is 0 Å². The molecule has 0 aliphatic heterocycles. The molecule has 1 N–H and O–H groups in total. The molecule has 4 rings (SSSR count). The van der Waals surface area contributed by atoms with Crippen LogP contribution < -0.4 is 0 Å². The van der Waals surface area contributed by atoms with Gasteiger partial charge in [0.05, 0.1) is 5.71 Å². The second kappa shape index (κ2) is 11.8. The number of oxime groups is 1. The molecule has 192 valence electrons. The molecule has 0 fully saturated rings. The maximum Gasteiger partial charge on any atom is 0.231 e. The van der Waals surface area contributed by atoms with Gasteiger partial charge in [-0.3, -0.25) is 4.79 Å². The zero-order valence-corrected chi connectivity index (χ0v) is 22.5. The average Bonchev–Trinajstić information content (AvgIpc) is 3.36. The number of carbonyl (C=O) groups is 1. The van der Waals surface area contributed by atoms with E-state index in [1.807, 2.05) is 67.6 Å². The maximum atomic E-state index is 12.9. The number of hydrogen-bond donors (Lipinski definition) is 1. The van der Waals surface area contributed by atoms with Crippen LogP contribution in [0, 0.1) is 5.92 Å². The number of furan rings is 1. The quantitative estimate of drug-likeness (QED) is 0.0946. The average molecular weight is 516 g/mol. The van der Waals surface area contributed by atoms with E-state index in [-0.39, 0.29) is 11.7 Å². The van der Waals surface area contributed by atoms with Gasteiger partial charge in [0.15, 0.2) is 5.76 Å². The highest BCUT2D eigenvalue weighted by Crippen LogP contribution is 2.30.